The Labute approximate surface area is 190 Å². The monoisotopic (exact) mass is 463 g/mol. The van der Waals surface area contributed by atoms with Gasteiger partial charge in [0.25, 0.3) is 0 Å². The zero-order chi connectivity index (χ0) is 22.2. The molecule has 3 N–H and O–H groups in total. The van der Waals surface area contributed by atoms with Gasteiger partial charge in [-0.3, -0.25) is 0 Å². The third-order valence-electron chi connectivity index (χ3n) is 5.24. The van der Waals surface area contributed by atoms with E-state index in [2.05, 4.69) is 16.4 Å². The van der Waals surface area contributed by atoms with E-state index in [1.165, 1.54) is 4.88 Å². The number of aromatic carboxylic acids is 1. The van der Waals surface area contributed by atoms with Crippen molar-refractivity contribution in [2.75, 3.05) is 5.32 Å². The van der Waals surface area contributed by atoms with Crippen LogP contribution >= 0.6 is 11.3 Å². The van der Waals surface area contributed by atoms with E-state index in [1.54, 1.807) is 53.8 Å². The van der Waals surface area contributed by atoms with E-state index in [1.807, 2.05) is 12.3 Å². The summed E-state index contributed by atoms with van der Waals surface area (Å²) in [6.07, 6.45) is 3.52. The predicted molar refractivity (Wildman–Crippen MR) is 124 cm³/mol. The van der Waals surface area contributed by atoms with Crippen LogP contribution < -0.4 is 5.32 Å². The summed E-state index contributed by atoms with van der Waals surface area (Å²) in [5, 5.41) is 12.4. The van der Waals surface area contributed by atoms with Crippen LogP contribution in [-0.4, -0.2) is 29.8 Å². The molecule has 2 heterocycles. The van der Waals surface area contributed by atoms with Gasteiger partial charge in [-0.15, -0.1) is 11.3 Å². The van der Waals surface area contributed by atoms with Crippen molar-refractivity contribution in [3.8, 4) is 21.7 Å². The summed E-state index contributed by atoms with van der Waals surface area (Å²) in [5.41, 5.74) is 4.68. The molecule has 0 saturated heterocycles. The largest absolute Gasteiger partial charge is 0.478 e. The summed E-state index contributed by atoms with van der Waals surface area (Å²) in [4.78, 5) is 23.0. The molecule has 0 spiro atoms. The van der Waals surface area contributed by atoms with Crippen molar-refractivity contribution < 1.29 is 18.7 Å². The van der Waals surface area contributed by atoms with Gasteiger partial charge in [-0.25, -0.2) is 19.0 Å². The van der Waals surface area contributed by atoms with E-state index in [0.717, 1.165) is 40.1 Å². The third kappa shape index (κ3) is 3.93. The first-order valence-electron chi connectivity index (χ1n) is 9.78. The average molecular weight is 464 g/mol. The van der Waals surface area contributed by atoms with Crippen LogP contribution in [0.15, 0.2) is 65.7 Å². The Balaban J connectivity index is 1.50. The van der Waals surface area contributed by atoms with Crippen molar-refractivity contribution >= 4 is 40.0 Å². The van der Waals surface area contributed by atoms with E-state index in [9.17, 15) is 18.7 Å². The quantitative estimate of drug-likeness (QED) is 0.357. The number of rotatable bonds is 5. The standard InChI is InChI=1S/C23H17N3O4S2/c27-22(28)14-4-1-3-13(9-14)20-11-18-19(31-20)8-7-15-12-24-23(26-21(15)18)25-16-5-2-6-17(10-16)32(29)30/h1-6,9-12H,7-8H2,(H,27,28)(H,29,30)(H,24,25,26). The maximum absolute atomic E-state index is 11.3. The van der Waals surface area contributed by atoms with Crippen molar-refractivity contribution in [3.05, 3.63) is 76.8 Å². The Hall–Kier alpha value is -3.40. The number of anilines is 2. The normalized spacial score (nSPS) is 13.2. The molecule has 0 bridgehead atoms. The van der Waals surface area contributed by atoms with Gasteiger partial charge >= 0.3 is 5.97 Å². The van der Waals surface area contributed by atoms with Gasteiger partial charge in [-0.05, 0) is 60.4 Å². The van der Waals surface area contributed by atoms with Crippen molar-refractivity contribution in [1.82, 2.24) is 9.97 Å². The Kier molecular flexibility index (Phi) is 5.30. The SMILES string of the molecule is O=C(O)c1cccc(-c2cc3c(s2)CCc2cnc(Nc4cccc(S(=O)O)c4)nc2-3)c1. The molecule has 0 radical (unpaired) electrons. The highest BCUT2D eigenvalue weighted by Crippen LogP contribution is 2.41. The summed E-state index contributed by atoms with van der Waals surface area (Å²) >= 11 is -0.413. The maximum atomic E-state index is 11.3. The van der Waals surface area contributed by atoms with Gasteiger partial charge in [0.05, 0.1) is 16.2 Å². The molecule has 4 aromatic rings. The minimum atomic E-state index is -2.07. The molecule has 2 aromatic heterocycles. The number of carboxylic acid groups (broad SMARTS) is 1. The van der Waals surface area contributed by atoms with Crippen molar-refractivity contribution in [2.24, 2.45) is 0 Å². The number of fused-ring (bicyclic) bond motifs is 3. The topological polar surface area (TPSA) is 112 Å². The lowest BCUT2D eigenvalue weighted by Gasteiger charge is -2.16. The van der Waals surface area contributed by atoms with Crippen LogP contribution in [0.3, 0.4) is 0 Å². The van der Waals surface area contributed by atoms with E-state index < -0.39 is 17.0 Å². The van der Waals surface area contributed by atoms with Gasteiger partial charge in [0.2, 0.25) is 5.95 Å². The first kappa shape index (κ1) is 20.5. The molecule has 1 aliphatic rings. The average Bonchev–Trinajstić information content (AvgIpc) is 3.24. The lowest BCUT2D eigenvalue weighted by atomic mass is 9.95. The molecule has 32 heavy (non-hydrogen) atoms. The van der Waals surface area contributed by atoms with E-state index >= 15 is 0 Å². The molecule has 7 nitrogen and oxygen atoms in total. The molecule has 0 fully saturated rings. The molecule has 1 atom stereocenters. The van der Waals surface area contributed by atoms with Crippen LogP contribution in [0.2, 0.25) is 0 Å². The summed E-state index contributed by atoms with van der Waals surface area (Å²) < 4.78 is 20.6. The fraction of sp³-hybridized carbons (Fsp3) is 0.0870. The first-order valence-corrected chi connectivity index (χ1v) is 11.7. The second-order valence-corrected chi connectivity index (χ2v) is 9.41. The number of aromatic nitrogens is 2. The molecule has 0 amide bonds. The number of benzene rings is 2. The number of nitrogens with one attached hydrogen (secondary N) is 1. The zero-order valence-electron chi connectivity index (χ0n) is 16.6. The highest BCUT2D eigenvalue weighted by Gasteiger charge is 2.22. The molecule has 0 saturated carbocycles. The molecule has 1 unspecified atom stereocenters. The highest BCUT2D eigenvalue weighted by atomic mass is 32.2. The first-order chi connectivity index (χ1) is 15.5. The van der Waals surface area contributed by atoms with E-state index in [0.29, 0.717) is 16.5 Å². The van der Waals surface area contributed by atoms with Crippen LogP contribution in [0, 0.1) is 0 Å². The van der Waals surface area contributed by atoms with Gasteiger partial charge in [0.1, 0.15) is 0 Å². The zero-order valence-corrected chi connectivity index (χ0v) is 18.2. The number of thiophene rings is 1. The maximum Gasteiger partial charge on any atom is 0.335 e. The molecule has 0 aliphatic heterocycles. The fourth-order valence-electron chi connectivity index (χ4n) is 3.71. The van der Waals surface area contributed by atoms with Crippen molar-refractivity contribution in [1.29, 1.82) is 0 Å². The fourth-order valence-corrected chi connectivity index (χ4v) is 5.29. The van der Waals surface area contributed by atoms with Gasteiger partial charge in [0.15, 0.2) is 11.1 Å². The van der Waals surface area contributed by atoms with Gasteiger partial charge in [-0.1, -0.05) is 18.2 Å². The lowest BCUT2D eigenvalue weighted by Crippen LogP contribution is -2.07. The molecular formula is C23H17N3O4S2. The Morgan fingerprint density at radius 1 is 1.09 bits per heavy atom. The minimum Gasteiger partial charge on any atom is -0.478 e. The summed E-state index contributed by atoms with van der Waals surface area (Å²) in [6, 6.07) is 15.6. The number of aryl methyl sites for hydroxylation is 2. The molecule has 5 rings (SSSR count). The van der Waals surface area contributed by atoms with Crippen molar-refractivity contribution in [3.63, 3.8) is 0 Å². The second-order valence-electron chi connectivity index (χ2n) is 7.30. The number of hydrogen-bond acceptors (Lipinski definition) is 6. The van der Waals surface area contributed by atoms with Crippen LogP contribution in [0.4, 0.5) is 11.6 Å². The molecule has 160 valence electrons. The van der Waals surface area contributed by atoms with Crippen LogP contribution in [0.5, 0.6) is 0 Å². The van der Waals surface area contributed by atoms with Crippen LogP contribution in [0.1, 0.15) is 20.8 Å². The Morgan fingerprint density at radius 3 is 2.75 bits per heavy atom. The number of carboxylic acids is 1. The van der Waals surface area contributed by atoms with Crippen molar-refractivity contribution in [2.45, 2.75) is 17.7 Å². The minimum absolute atomic E-state index is 0.258. The smallest absolute Gasteiger partial charge is 0.335 e. The summed E-state index contributed by atoms with van der Waals surface area (Å²) in [7, 11) is 0. The van der Waals surface area contributed by atoms with E-state index in [4.69, 9.17) is 4.98 Å². The molecule has 9 heteroatoms. The molecular weight excluding hydrogens is 446 g/mol. The van der Waals surface area contributed by atoms with E-state index in [-0.39, 0.29) is 5.56 Å². The van der Waals surface area contributed by atoms with Crippen LogP contribution in [0.25, 0.3) is 21.7 Å². The number of nitrogens with zero attached hydrogens (tertiary/aromatic N) is 2. The molecule has 2 aromatic carbocycles. The van der Waals surface area contributed by atoms with Gasteiger partial charge in [-0.2, -0.15) is 0 Å². The number of carbonyl (C=O) groups is 1. The highest BCUT2D eigenvalue weighted by molar-refractivity contribution is 7.79. The molecule has 1 aliphatic carbocycles. The second kappa shape index (κ2) is 8.27. The third-order valence-corrected chi connectivity index (χ3v) is 7.14. The summed E-state index contributed by atoms with van der Waals surface area (Å²) in [6.45, 7) is 0. The Bertz CT molecular complexity index is 1380. The van der Waals surface area contributed by atoms with Crippen LogP contribution in [-0.2, 0) is 23.9 Å². The Morgan fingerprint density at radius 2 is 1.94 bits per heavy atom. The van der Waals surface area contributed by atoms with Gasteiger partial charge in [0, 0.05) is 27.2 Å². The predicted octanol–water partition coefficient (Wildman–Crippen LogP) is 4.99. The number of hydrogen-bond donors (Lipinski definition) is 3. The van der Waals surface area contributed by atoms with Gasteiger partial charge < -0.3 is 15.0 Å². The summed E-state index contributed by atoms with van der Waals surface area (Å²) in [5.74, 6) is -0.547. The lowest BCUT2D eigenvalue weighted by molar-refractivity contribution is 0.0697.